The summed E-state index contributed by atoms with van der Waals surface area (Å²) in [5.41, 5.74) is 6.73. The lowest BCUT2D eigenvalue weighted by atomic mass is 10.2. The summed E-state index contributed by atoms with van der Waals surface area (Å²) in [5, 5.41) is 3.14. The molecule has 106 valence electrons. The average Bonchev–Trinajstić information content (AvgIpc) is 2.77. The standard InChI is InChI=1S/C13H15N3O3S/c1-7-11(20-13(14)15-7)12(17)16-9-6-8(18-2)4-5-10(9)19-3/h4-6H,1-3H3,(H2,14,15)(H,16,17). The molecule has 0 radical (unpaired) electrons. The van der Waals surface area contributed by atoms with Crippen molar-refractivity contribution in [1.82, 2.24) is 4.98 Å². The molecule has 1 aromatic heterocycles. The van der Waals surface area contributed by atoms with Gasteiger partial charge in [-0.2, -0.15) is 0 Å². The molecule has 0 saturated heterocycles. The highest BCUT2D eigenvalue weighted by Gasteiger charge is 2.16. The fraction of sp³-hybridized carbons (Fsp3) is 0.231. The molecule has 0 atom stereocenters. The summed E-state index contributed by atoms with van der Waals surface area (Å²) in [7, 11) is 3.09. The summed E-state index contributed by atoms with van der Waals surface area (Å²) >= 11 is 1.15. The number of carbonyl (C=O) groups is 1. The van der Waals surface area contributed by atoms with Gasteiger partial charge < -0.3 is 20.5 Å². The third-order valence-corrected chi connectivity index (χ3v) is 3.66. The van der Waals surface area contributed by atoms with Crippen LogP contribution < -0.4 is 20.5 Å². The highest BCUT2D eigenvalue weighted by Crippen LogP contribution is 2.30. The second-order valence-corrected chi connectivity index (χ2v) is 5.02. The van der Waals surface area contributed by atoms with Crippen LogP contribution >= 0.6 is 11.3 Å². The van der Waals surface area contributed by atoms with E-state index in [-0.39, 0.29) is 5.91 Å². The second-order valence-electron chi connectivity index (χ2n) is 3.99. The molecule has 1 heterocycles. The minimum absolute atomic E-state index is 0.275. The van der Waals surface area contributed by atoms with E-state index in [1.807, 2.05) is 0 Å². The van der Waals surface area contributed by atoms with Crippen molar-refractivity contribution >= 4 is 28.1 Å². The monoisotopic (exact) mass is 293 g/mol. The third kappa shape index (κ3) is 2.83. The number of amides is 1. The molecule has 2 rings (SSSR count). The Balaban J connectivity index is 2.29. The van der Waals surface area contributed by atoms with Crippen LogP contribution in [0, 0.1) is 6.92 Å². The predicted molar refractivity (Wildman–Crippen MR) is 78.8 cm³/mol. The van der Waals surface area contributed by atoms with E-state index in [4.69, 9.17) is 15.2 Å². The smallest absolute Gasteiger partial charge is 0.267 e. The Hall–Kier alpha value is -2.28. The maximum atomic E-state index is 12.2. The van der Waals surface area contributed by atoms with Crippen LogP contribution in [0.3, 0.4) is 0 Å². The van der Waals surface area contributed by atoms with E-state index in [2.05, 4.69) is 10.3 Å². The Morgan fingerprint density at radius 3 is 2.65 bits per heavy atom. The number of thiazole rings is 1. The number of nitrogens with two attached hydrogens (primary N) is 1. The van der Waals surface area contributed by atoms with Gasteiger partial charge in [-0.15, -0.1) is 0 Å². The second kappa shape index (κ2) is 5.79. The van der Waals surface area contributed by atoms with Crippen molar-refractivity contribution in [3.63, 3.8) is 0 Å². The van der Waals surface area contributed by atoms with E-state index in [1.165, 1.54) is 7.11 Å². The molecule has 1 aromatic carbocycles. The molecule has 0 aliphatic carbocycles. The van der Waals surface area contributed by atoms with Gasteiger partial charge >= 0.3 is 0 Å². The Kier molecular flexibility index (Phi) is 4.09. The summed E-state index contributed by atoms with van der Waals surface area (Å²) in [6.45, 7) is 1.74. The van der Waals surface area contributed by atoms with Crippen LogP contribution in [0.25, 0.3) is 0 Å². The van der Waals surface area contributed by atoms with Crippen molar-refractivity contribution in [1.29, 1.82) is 0 Å². The molecular weight excluding hydrogens is 278 g/mol. The van der Waals surface area contributed by atoms with Crippen molar-refractivity contribution in [2.24, 2.45) is 0 Å². The van der Waals surface area contributed by atoms with Gasteiger partial charge in [-0.3, -0.25) is 4.79 Å². The van der Waals surface area contributed by atoms with Crippen LogP contribution in [0.15, 0.2) is 18.2 Å². The zero-order valence-corrected chi connectivity index (χ0v) is 12.2. The highest BCUT2D eigenvalue weighted by atomic mass is 32.1. The molecule has 3 N–H and O–H groups in total. The molecule has 2 aromatic rings. The van der Waals surface area contributed by atoms with Gasteiger partial charge in [0, 0.05) is 6.07 Å². The number of nitrogens with one attached hydrogen (secondary N) is 1. The minimum Gasteiger partial charge on any atom is -0.497 e. The molecule has 0 unspecified atom stereocenters. The first-order valence-electron chi connectivity index (χ1n) is 5.81. The maximum absolute atomic E-state index is 12.2. The quantitative estimate of drug-likeness (QED) is 0.903. The van der Waals surface area contributed by atoms with Gasteiger partial charge in [0.05, 0.1) is 25.6 Å². The van der Waals surface area contributed by atoms with Crippen molar-refractivity contribution in [3.8, 4) is 11.5 Å². The van der Waals surface area contributed by atoms with Gasteiger partial charge in [0.2, 0.25) is 0 Å². The number of anilines is 2. The molecule has 0 saturated carbocycles. The lowest BCUT2D eigenvalue weighted by Crippen LogP contribution is -2.12. The van der Waals surface area contributed by atoms with Gasteiger partial charge in [0.25, 0.3) is 5.91 Å². The summed E-state index contributed by atoms with van der Waals surface area (Å²) in [6, 6.07) is 5.17. The first-order valence-corrected chi connectivity index (χ1v) is 6.63. The largest absolute Gasteiger partial charge is 0.497 e. The molecule has 0 aliphatic heterocycles. The van der Waals surface area contributed by atoms with Crippen molar-refractivity contribution in [2.75, 3.05) is 25.3 Å². The number of benzene rings is 1. The van der Waals surface area contributed by atoms with Gasteiger partial charge in [-0.05, 0) is 19.1 Å². The topological polar surface area (TPSA) is 86.5 Å². The molecule has 1 amide bonds. The normalized spacial score (nSPS) is 10.2. The number of hydrogen-bond acceptors (Lipinski definition) is 6. The van der Waals surface area contributed by atoms with Gasteiger partial charge in [-0.1, -0.05) is 11.3 Å². The number of nitrogens with zero attached hydrogens (tertiary/aromatic N) is 1. The SMILES string of the molecule is COc1ccc(OC)c(NC(=O)c2sc(N)nc2C)c1. The van der Waals surface area contributed by atoms with E-state index in [1.54, 1.807) is 32.2 Å². The van der Waals surface area contributed by atoms with Crippen LogP contribution in [-0.4, -0.2) is 25.1 Å². The van der Waals surface area contributed by atoms with E-state index >= 15 is 0 Å². The van der Waals surface area contributed by atoms with Crippen LogP contribution in [-0.2, 0) is 0 Å². The Bertz CT molecular complexity index is 640. The van der Waals surface area contributed by atoms with Crippen molar-refractivity contribution in [2.45, 2.75) is 6.92 Å². The Labute approximate surface area is 120 Å². The fourth-order valence-corrected chi connectivity index (χ4v) is 2.45. The summed E-state index contributed by atoms with van der Waals surface area (Å²) < 4.78 is 10.3. The first-order chi connectivity index (χ1) is 9.55. The molecule has 0 bridgehead atoms. The van der Waals surface area contributed by atoms with E-state index in [0.29, 0.717) is 32.9 Å². The van der Waals surface area contributed by atoms with Crippen LogP contribution in [0.5, 0.6) is 11.5 Å². The maximum Gasteiger partial charge on any atom is 0.267 e. The molecule has 6 nitrogen and oxygen atoms in total. The first kappa shape index (κ1) is 14.1. The van der Waals surface area contributed by atoms with Gasteiger partial charge in [0.1, 0.15) is 16.4 Å². The van der Waals surface area contributed by atoms with Crippen LogP contribution in [0.2, 0.25) is 0 Å². The lowest BCUT2D eigenvalue weighted by molar-refractivity contribution is 0.102. The average molecular weight is 293 g/mol. The Morgan fingerprint density at radius 1 is 1.35 bits per heavy atom. The predicted octanol–water partition coefficient (Wildman–Crippen LogP) is 2.30. The van der Waals surface area contributed by atoms with Crippen LogP contribution in [0.4, 0.5) is 10.8 Å². The number of hydrogen-bond donors (Lipinski definition) is 2. The molecule has 0 aliphatic rings. The van der Waals surface area contributed by atoms with Crippen molar-refractivity contribution in [3.05, 3.63) is 28.8 Å². The summed E-state index contributed by atoms with van der Waals surface area (Å²) in [5.74, 6) is 0.902. The number of rotatable bonds is 4. The number of nitrogen functional groups attached to an aromatic ring is 1. The summed E-state index contributed by atoms with van der Waals surface area (Å²) in [4.78, 5) is 16.7. The van der Waals surface area contributed by atoms with E-state index in [0.717, 1.165) is 11.3 Å². The van der Waals surface area contributed by atoms with E-state index < -0.39 is 0 Å². The highest BCUT2D eigenvalue weighted by molar-refractivity contribution is 7.17. The van der Waals surface area contributed by atoms with Crippen LogP contribution in [0.1, 0.15) is 15.4 Å². The van der Waals surface area contributed by atoms with Gasteiger partial charge in [0.15, 0.2) is 5.13 Å². The minimum atomic E-state index is -0.275. The summed E-state index contributed by atoms with van der Waals surface area (Å²) in [6.07, 6.45) is 0. The number of aryl methyl sites for hydroxylation is 1. The van der Waals surface area contributed by atoms with E-state index in [9.17, 15) is 4.79 Å². The molecule has 0 fully saturated rings. The number of aromatic nitrogens is 1. The number of methoxy groups -OCH3 is 2. The third-order valence-electron chi connectivity index (χ3n) is 2.67. The molecule has 0 spiro atoms. The molecular formula is C13H15N3O3S. The molecule has 20 heavy (non-hydrogen) atoms. The zero-order chi connectivity index (χ0) is 14.7. The Morgan fingerprint density at radius 2 is 2.10 bits per heavy atom. The number of ether oxygens (including phenoxy) is 2. The lowest BCUT2D eigenvalue weighted by Gasteiger charge is -2.11. The zero-order valence-electron chi connectivity index (χ0n) is 11.4. The molecule has 7 heteroatoms. The fourth-order valence-electron chi connectivity index (χ4n) is 1.72. The van der Waals surface area contributed by atoms with Gasteiger partial charge in [-0.25, -0.2) is 4.98 Å². The van der Waals surface area contributed by atoms with Crippen molar-refractivity contribution < 1.29 is 14.3 Å². The number of carbonyl (C=O) groups excluding carboxylic acids is 1.